The molecule has 0 radical (unpaired) electrons. The first-order chi connectivity index (χ1) is 6.06. The number of aromatic nitrogens is 1. The number of pyridine rings is 1. The van der Waals surface area contributed by atoms with E-state index in [2.05, 4.69) is 4.98 Å². The minimum atomic E-state index is -2.62. The summed E-state index contributed by atoms with van der Waals surface area (Å²) in [5.74, 6) is 0. The molecule has 68 valence electrons. The van der Waals surface area contributed by atoms with E-state index in [1.807, 2.05) is 28.7 Å². The Morgan fingerprint density at radius 3 is 2.69 bits per heavy atom. The topological polar surface area (TPSA) is 36.7 Å². The zero-order chi connectivity index (χ0) is 10.0. The van der Waals surface area contributed by atoms with Crippen LogP contribution >= 0.6 is 22.6 Å². The maximum Gasteiger partial charge on any atom is 0.280 e. The van der Waals surface area contributed by atoms with Crippen molar-refractivity contribution in [2.45, 2.75) is 13.3 Å². The second kappa shape index (κ2) is 3.96. The number of hydrogen-bond donors (Lipinski definition) is 0. The van der Waals surface area contributed by atoms with E-state index >= 15 is 0 Å². The van der Waals surface area contributed by atoms with Crippen LogP contribution in [-0.4, -0.2) is 4.98 Å². The maximum atomic E-state index is 12.3. The van der Waals surface area contributed by atoms with Crippen LogP contribution in [0.2, 0.25) is 0 Å². The Morgan fingerprint density at radius 2 is 2.23 bits per heavy atom. The molecule has 0 unspecified atom stereocenters. The highest BCUT2D eigenvalue weighted by Gasteiger charge is 2.15. The Kier molecular flexibility index (Phi) is 3.14. The molecule has 0 spiro atoms. The highest BCUT2D eigenvalue weighted by atomic mass is 127. The van der Waals surface area contributed by atoms with Gasteiger partial charge in [-0.2, -0.15) is 5.26 Å². The molecule has 1 aromatic rings. The normalized spacial score (nSPS) is 10.2. The van der Waals surface area contributed by atoms with Crippen molar-refractivity contribution in [1.29, 1.82) is 5.26 Å². The van der Waals surface area contributed by atoms with Gasteiger partial charge in [0.25, 0.3) is 6.43 Å². The molecule has 2 nitrogen and oxygen atoms in total. The van der Waals surface area contributed by atoms with Crippen molar-refractivity contribution < 1.29 is 8.78 Å². The summed E-state index contributed by atoms with van der Waals surface area (Å²) in [5.41, 5.74) is 0.219. The molecule has 5 heteroatoms. The summed E-state index contributed by atoms with van der Waals surface area (Å²) in [6.07, 6.45) is -2.62. The van der Waals surface area contributed by atoms with Gasteiger partial charge in [-0.3, -0.25) is 0 Å². The molecule has 0 saturated heterocycles. The second-order valence-electron chi connectivity index (χ2n) is 2.42. The minimum Gasteiger partial charge on any atom is -0.241 e. The lowest BCUT2D eigenvalue weighted by Crippen LogP contribution is -1.99. The maximum absolute atomic E-state index is 12.3. The highest BCUT2D eigenvalue weighted by Crippen LogP contribution is 2.23. The van der Waals surface area contributed by atoms with E-state index in [0.717, 1.165) is 0 Å². The molecule has 13 heavy (non-hydrogen) atoms. The van der Waals surface area contributed by atoms with Gasteiger partial charge in [-0.1, -0.05) is 0 Å². The fraction of sp³-hybridized carbons (Fsp3) is 0.250. The molecule has 0 aliphatic heterocycles. The van der Waals surface area contributed by atoms with Crippen LogP contribution in [0.5, 0.6) is 0 Å². The van der Waals surface area contributed by atoms with Gasteiger partial charge < -0.3 is 0 Å². The van der Waals surface area contributed by atoms with Crippen molar-refractivity contribution in [2.75, 3.05) is 0 Å². The zero-order valence-corrected chi connectivity index (χ0v) is 8.84. The molecular weight excluding hydrogens is 289 g/mol. The first-order valence-corrected chi connectivity index (χ1v) is 4.49. The summed E-state index contributed by atoms with van der Waals surface area (Å²) < 4.78 is 25.1. The fourth-order valence-electron chi connectivity index (χ4n) is 0.925. The summed E-state index contributed by atoms with van der Waals surface area (Å²) in [6.45, 7) is 1.48. The van der Waals surface area contributed by atoms with Crippen LogP contribution in [0, 0.1) is 22.0 Å². The van der Waals surface area contributed by atoms with Crippen molar-refractivity contribution in [1.82, 2.24) is 4.98 Å². The van der Waals surface area contributed by atoms with Gasteiger partial charge in [0.1, 0.15) is 9.39 Å². The average molecular weight is 294 g/mol. The van der Waals surface area contributed by atoms with Gasteiger partial charge in [0.2, 0.25) is 0 Å². The number of alkyl halides is 2. The van der Waals surface area contributed by atoms with E-state index < -0.39 is 6.43 Å². The van der Waals surface area contributed by atoms with Crippen LogP contribution in [0.1, 0.15) is 23.2 Å². The molecule has 0 bridgehead atoms. The lowest BCUT2D eigenvalue weighted by molar-refractivity contribution is 0.145. The monoisotopic (exact) mass is 294 g/mol. The zero-order valence-electron chi connectivity index (χ0n) is 6.68. The van der Waals surface area contributed by atoms with Crippen molar-refractivity contribution in [3.8, 4) is 6.07 Å². The highest BCUT2D eigenvalue weighted by molar-refractivity contribution is 14.1. The molecule has 0 aromatic carbocycles. The summed E-state index contributed by atoms with van der Waals surface area (Å²) in [7, 11) is 0. The van der Waals surface area contributed by atoms with E-state index in [9.17, 15) is 8.78 Å². The number of hydrogen-bond acceptors (Lipinski definition) is 2. The number of nitriles is 1. The summed E-state index contributed by atoms with van der Waals surface area (Å²) in [5, 5.41) is 8.62. The van der Waals surface area contributed by atoms with E-state index in [4.69, 9.17) is 5.26 Å². The molecular formula is C8H5F2IN2. The van der Waals surface area contributed by atoms with E-state index in [1.54, 1.807) is 0 Å². The third-order valence-electron chi connectivity index (χ3n) is 1.61. The third kappa shape index (κ3) is 2.12. The molecule has 0 atom stereocenters. The van der Waals surface area contributed by atoms with Gasteiger partial charge in [0, 0.05) is 0 Å². The number of halogens is 3. The van der Waals surface area contributed by atoms with Gasteiger partial charge in [-0.05, 0) is 41.1 Å². The van der Waals surface area contributed by atoms with Crippen molar-refractivity contribution in [2.24, 2.45) is 0 Å². The number of nitrogens with zero attached hydrogens (tertiary/aromatic N) is 2. The molecule has 0 fully saturated rings. The minimum absolute atomic E-state index is 0.259. The molecule has 0 amide bonds. The predicted molar refractivity (Wildman–Crippen MR) is 51.4 cm³/mol. The molecule has 1 rings (SSSR count). The standard InChI is InChI=1S/C8H5F2IN2/c1-4-5(3-12)2-6(11)13-7(4)8(9)10/h2,8H,1H3. The fourth-order valence-corrected chi connectivity index (χ4v) is 1.50. The molecule has 0 N–H and O–H groups in total. The van der Waals surface area contributed by atoms with Gasteiger partial charge >= 0.3 is 0 Å². The number of rotatable bonds is 1. The summed E-state index contributed by atoms with van der Waals surface area (Å²) in [4.78, 5) is 3.67. The van der Waals surface area contributed by atoms with Crippen molar-refractivity contribution in [3.05, 3.63) is 26.6 Å². The van der Waals surface area contributed by atoms with Crippen LogP contribution < -0.4 is 0 Å². The smallest absolute Gasteiger partial charge is 0.241 e. The Balaban J connectivity index is 3.38. The quantitative estimate of drug-likeness (QED) is 0.590. The molecule has 0 aliphatic rings. The van der Waals surface area contributed by atoms with E-state index in [-0.39, 0.29) is 16.8 Å². The van der Waals surface area contributed by atoms with Crippen LogP contribution in [-0.2, 0) is 0 Å². The lowest BCUT2D eigenvalue weighted by atomic mass is 10.1. The Hall–Kier alpha value is -0.770. The Morgan fingerprint density at radius 1 is 1.62 bits per heavy atom. The molecule has 0 aliphatic carbocycles. The van der Waals surface area contributed by atoms with Crippen LogP contribution in [0.25, 0.3) is 0 Å². The predicted octanol–water partition coefficient (Wildman–Crippen LogP) is 2.80. The largest absolute Gasteiger partial charge is 0.280 e. The van der Waals surface area contributed by atoms with Gasteiger partial charge in [-0.25, -0.2) is 13.8 Å². The molecule has 1 aromatic heterocycles. The molecule has 1 heterocycles. The van der Waals surface area contributed by atoms with Crippen LogP contribution in [0.4, 0.5) is 8.78 Å². The van der Waals surface area contributed by atoms with E-state index in [0.29, 0.717) is 3.70 Å². The summed E-state index contributed by atoms with van der Waals surface area (Å²) in [6, 6.07) is 3.34. The van der Waals surface area contributed by atoms with Crippen LogP contribution in [0.15, 0.2) is 6.07 Å². The second-order valence-corrected chi connectivity index (χ2v) is 3.52. The third-order valence-corrected chi connectivity index (χ3v) is 2.16. The average Bonchev–Trinajstić information content (AvgIpc) is 2.08. The van der Waals surface area contributed by atoms with Gasteiger partial charge in [0.15, 0.2) is 0 Å². The van der Waals surface area contributed by atoms with Crippen LogP contribution in [0.3, 0.4) is 0 Å². The Labute approximate surface area is 87.7 Å². The van der Waals surface area contributed by atoms with E-state index in [1.165, 1.54) is 13.0 Å². The Bertz CT molecular complexity index is 371. The van der Waals surface area contributed by atoms with Crippen molar-refractivity contribution >= 4 is 22.6 Å². The SMILES string of the molecule is Cc1c(C#N)cc(I)nc1C(F)F. The van der Waals surface area contributed by atoms with Crippen molar-refractivity contribution in [3.63, 3.8) is 0 Å². The first-order valence-electron chi connectivity index (χ1n) is 3.41. The van der Waals surface area contributed by atoms with Gasteiger partial charge in [0.05, 0.1) is 11.6 Å². The van der Waals surface area contributed by atoms with Gasteiger partial charge in [-0.15, -0.1) is 0 Å². The molecule has 0 saturated carbocycles. The summed E-state index contributed by atoms with van der Waals surface area (Å²) >= 11 is 1.81. The first kappa shape index (κ1) is 10.3. The lowest BCUT2D eigenvalue weighted by Gasteiger charge is -2.05.